The molecule has 1 heterocycles. The second kappa shape index (κ2) is 11.4. The molecule has 0 atom stereocenters. The maximum atomic E-state index is 6.26. The van der Waals surface area contributed by atoms with Crippen LogP contribution in [0.3, 0.4) is 0 Å². The van der Waals surface area contributed by atoms with E-state index >= 15 is 0 Å². The van der Waals surface area contributed by atoms with Crippen molar-refractivity contribution in [2.24, 2.45) is 0 Å². The minimum atomic E-state index is 0.953. The normalized spacial score (nSPS) is 14.5. The Bertz CT molecular complexity index is 452. The minimum Gasteiger partial charge on any atom is -0.397 e. The standard InChI is InChI=1S/C21H37N3/c1-2-3-4-5-6-7-14-23-15-10-11-19-12-13-21(20(22)18-19)24-16-8-9-17-24/h12-13,18,23H,2-11,14-17,22H2,1H3. The summed E-state index contributed by atoms with van der Waals surface area (Å²) in [5.74, 6) is 0. The summed E-state index contributed by atoms with van der Waals surface area (Å²) in [5, 5.41) is 3.58. The van der Waals surface area contributed by atoms with Gasteiger partial charge in [-0.2, -0.15) is 0 Å². The van der Waals surface area contributed by atoms with Crippen molar-refractivity contribution in [1.29, 1.82) is 0 Å². The highest BCUT2D eigenvalue weighted by Crippen LogP contribution is 2.27. The van der Waals surface area contributed by atoms with Crippen LogP contribution in [0.5, 0.6) is 0 Å². The molecule has 0 saturated carbocycles. The second-order valence-corrected chi connectivity index (χ2v) is 7.21. The van der Waals surface area contributed by atoms with Crippen LogP contribution in [-0.4, -0.2) is 26.2 Å². The number of nitrogens with two attached hydrogens (primary N) is 1. The lowest BCUT2D eigenvalue weighted by Crippen LogP contribution is -2.19. The van der Waals surface area contributed by atoms with Crippen molar-refractivity contribution in [3.8, 4) is 0 Å². The van der Waals surface area contributed by atoms with Gasteiger partial charge in [-0.3, -0.25) is 0 Å². The Morgan fingerprint density at radius 1 is 0.958 bits per heavy atom. The zero-order chi connectivity index (χ0) is 17.0. The summed E-state index contributed by atoms with van der Waals surface area (Å²) in [6.07, 6.45) is 13.1. The molecule has 0 amide bonds. The fourth-order valence-corrected chi connectivity index (χ4v) is 3.58. The van der Waals surface area contributed by atoms with E-state index in [0.29, 0.717) is 0 Å². The maximum Gasteiger partial charge on any atom is 0.0600 e. The molecule has 0 aliphatic carbocycles. The van der Waals surface area contributed by atoms with Gasteiger partial charge in [0.1, 0.15) is 0 Å². The molecule has 3 nitrogen and oxygen atoms in total. The molecule has 3 N–H and O–H groups in total. The molecule has 2 rings (SSSR count). The molecule has 0 aromatic heterocycles. The third kappa shape index (κ3) is 6.72. The Balaban J connectivity index is 1.55. The second-order valence-electron chi connectivity index (χ2n) is 7.21. The van der Waals surface area contributed by atoms with Gasteiger partial charge < -0.3 is 16.0 Å². The van der Waals surface area contributed by atoms with Gasteiger partial charge in [-0.25, -0.2) is 0 Å². The van der Waals surface area contributed by atoms with Crippen LogP contribution in [0.4, 0.5) is 11.4 Å². The molecule has 1 fully saturated rings. The van der Waals surface area contributed by atoms with Crippen LogP contribution in [0.2, 0.25) is 0 Å². The number of rotatable bonds is 12. The van der Waals surface area contributed by atoms with Crippen LogP contribution in [-0.2, 0) is 6.42 Å². The molecular formula is C21H37N3. The first-order valence-corrected chi connectivity index (χ1v) is 10.2. The zero-order valence-electron chi connectivity index (χ0n) is 15.7. The fraction of sp³-hybridized carbons (Fsp3) is 0.714. The predicted octanol–water partition coefficient (Wildman–Crippen LogP) is 4.75. The number of hydrogen-bond acceptors (Lipinski definition) is 3. The lowest BCUT2D eigenvalue weighted by atomic mass is 10.1. The molecule has 24 heavy (non-hydrogen) atoms. The van der Waals surface area contributed by atoms with Gasteiger partial charge >= 0.3 is 0 Å². The molecule has 0 unspecified atom stereocenters. The number of hydrogen-bond donors (Lipinski definition) is 2. The maximum absolute atomic E-state index is 6.26. The van der Waals surface area contributed by atoms with Crippen molar-refractivity contribution >= 4 is 11.4 Å². The lowest BCUT2D eigenvalue weighted by Gasteiger charge is -2.20. The van der Waals surface area contributed by atoms with E-state index in [1.165, 1.54) is 75.6 Å². The third-order valence-electron chi connectivity index (χ3n) is 5.06. The average molecular weight is 332 g/mol. The molecule has 1 aromatic carbocycles. The van der Waals surface area contributed by atoms with E-state index in [0.717, 1.165) is 31.7 Å². The van der Waals surface area contributed by atoms with Gasteiger partial charge in [0.15, 0.2) is 0 Å². The van der Waals surface area contributed by atoms with Crippen LogP contribution in [0, 0.1) is 0 Å². The van der Waals surface area contributed by atoms with Gasteiger partial charge in [0.25, 0.3) is 0 Å². The van der Waals surface area contributed by atoms with Crippen LogP contribution in [0.15, 0.2) is 18.2 Å². The monoisotopic (exact) mass is 331 g/mol. The molecule has 136 valence electrons. The molecule has 0 spiro atoms. The summed E-state index contributed by atoms with van der Waals surface area (Å²) in [5.41, 5.74) is 9.82. The Kier molecular flexibility index (Phi) is 9.04. The molecule has 0 bridgehead atoms. The highest BCUT2D eigenvalue weighted by atomic mass is 15.1. The van der Waals surface area contributed by atoms with Crippen LogP contribution in [0.25, 0.3) is 0 Å². The van der Waals surface area contributed by atoms with Crippen LogP contribution >= 0.6 is 0 Å². The van der Waals surface area contributed by atoms with Crippen molar-refractivity contribution in [3.05, 3.63) is 23.8 Å². The Morgan fingerprint density at radius 3 is 2.42 bits per heavy atom. The quantitative estimate of drug-likeness (QED) is 0.429. The first kappa shape index (κ1) is 19.1. The molecule has 1 aliphatic heterocycles. The number of nitrogens with one attached hydrogen (secondary N) is 1. The smallest absolute Gasteiger partial charge is 0.0600 e. The van der Waals surface area contributed by atoms with E-state index in [1.807, 2.05) is 0 Å². The predicted molar refractivity (Wildman–Crippen MR) is 107 cm³/mol. The van der Waals surface area contributed by atoms with Gasteiger partial charge in [0.05, 0.1) is 11.4 Å². The van der Waals surface area contributed by atoms with Crippen molar-refractivity contribution in [1.82, 2.24) is 5.32 Å². The molecule has 1 aliphatic rings. The number of aryl methyl sites for hydroxylation is 1. The van der Waals surface area contributed by atoms with E-state index in [2.05, 4.69) is 35.3 Å². The summed E-state index contributed by atoms with van der Waals surface area (Å²) in [4.78, 5) is 2.42. The highest BCUT2D eigenvalue weighted by Gasteiger charge is 2.14. The fourth-order valence-electron chi connectivity index (χ4n) is 3.58. The summed E-state index contributed by atoms with van der Waals surface area (Å²) < 4.78 is 0. The van der Waals surface area contributed by atoms with E-state index in [4.69, 9.17) is 5.73 Å². The Labute approximate surface area is 149 Å². The number of nitrogen functional groups attached to an aromatic ring is 1. The third-order valence-corrected chi connectivity index (χ3v) is 5.06. The van der Waals surface area contributed by atoms with Crippen molar-refractivity contribution < 1.29 is 0 Å². The summed E-state index contributed by atoms with van der Waals surface area (Å²) in [6, 6.07) is 6.67. The molecule has 1 aromatic rings. The summed E-state index contributed by atoms with van der Waals surface area (Å²) in [6.45, 7) is 6.87. The molecule has 1 saturated heterocycles. The average Bonchev–Trinajstić information content (AvgIpc) is 3.11. The van der Waals surface area contributed by atoms with Gasteiger partial charge in [-0.05, 0) is 62.9 Å². The number of unbranched alkanes of at least 4 members (excludes halogenated alkanes) is 5. The van der Waals surface area contributed by atoms with Crippen LogP contribution in [0.1, 0.15) is 70.3 Å². The first-order valence-electron chi connectivity index (χ1n) is 10.2. The molecule has 3 heteroatoms. The van der Waals surface area contributed by atoms with Gasteiger partial charge in [-0.1, -0.05) is 45.1 Å². The highest BCUT2D eigenvalue weighted by molar-refractivity contribution is 5.68. The van der Waals surface area contributed by atoms with E-state index in [-0.39, 0.29) is 0 Å². The van der Waals surface area contributed by atoms with Crippen LogP contribution < -0.4 is 16.0 Å². The largest absolute Gasteiger partial charge is 0.397 e. The number of nitrogens with zero attached hydrogens (tertiary/aromatic N) is 1. The van der Waals surface area contributed by atoms with Gasteiger partial charge in [0.2, 0.25) is 0 Å². The number of benzene rings is 1. The van der Waals surface area contributed by atoms with Gasteiger partial charge in [-0.15, -0.1) is 0 Å². The van der Waals surface area contributed by atoms with Crippen molar-refractivity contribution in [3.63, 3.8) is 0 Å². The Morgan fingerprint density at radius 2 is 1.67 bits per heavy atom. The molecule has 0 radical (unpaired) electrons. The topological polar surface area (TPSA) is 41.3 Å². The SMILES string of the molecule is CCCCCCCCNCCCc1ccc(N2CCCC2)c(N)c1. The van der Waals surface area contributed by atoms with Crippen molar-refractivity contribution in [2.45, 2.75) is 71.1 Å². The minimum absolute atomic E-state index is 0.953. The van der Waals surface area contributed by atoms with E-state index in [9.17, 15) is 0 Å². The number of anilines is 2. The lowest BCUT2D eigenvalue weighted by molar-refractivity contribution is 0.565. The summed E-state index contributed by atoms with van der Waals surface area (Å²) in [7, 11) is 0. The zero-order valence-corrected chi connectivity index (χ0v) is 15.7. The first-order chi connectivity index (χ1) is 11.8. The van der Waals surface area contributed by atoms with Crippen molar-refractivity contribution in [2.75, 3.05) is 36.8 Å². The summed E-state index contributed by atoms with van der Waals surface area (Å²) >= 11 is 0. The Hall–Kier alpha value is -1.22. The van der Waals surface area contributed by atoms with E-state index < -0.39 is 0 Å². The van der Waals surface area contributed by atoms with Gasteiger partial charge in [0, 0.05) is 13.1 Å². The van der Waals surface area contributed by atoms with E-state index in [1.54, 1.807) is 0 Å². The molecular weight excluding hydrogens is 294 g/mol.